The van der Waals surface area contributed by atoms with Gasteiger partial charge in [-0.25, -0.2) is 9.37 Å². The molecule has 0 amide bonds. The van der Waals surface area contributed by atoms with Gasteiger partial charge in [0.15, 0.2) is 5.82 Å². The molecule has 2 aromatic carbocycles. The highest BCUT2D eigenvalue weighted by molar-refractivity contribution is 5.74. The van der Waals surface area contributed by atoms with Gasteiger partial charge in [0.1, 0.15) is 17.2 Å². The van der Waals surface area contributed by atoms with Crippen molar-refractivity contribution in [2.75, 3.05) is 0 Å². The van der Waals surface area contributed by atoms with Crippen molar-refractivity contribution >= 4 is 17.2 Å². The number of azo groups is 1. The number of pyridine rings is 1. The van der Waals surface area contributed by atoms with Gasteiger partial charge < -0.3 is 0 Å². The van der Waals surface area contributed by atoms with E-state index >= 15 is 0 Å². The predicted octanol–water partition coefficient (Wildman–Crippen LogP) is 6.17. The van der Waals surface area contributed by atoms with E-state index in [1.54, 1.807) is 12.1 Å². The van der Waals surface area contributed by atoms with Crippen LogP contribution < -0.4 is 0 Å². The van der Waals surface area contributed by atoms with Crippen LogP contribution in [-0.4, -0.2) is 9.38 Å². The van der Waals surface area contributed by atoms with Crippen molar-refractivity contribution < 1.29 is 4.39 Å². The molecule has 0 spiro atoms. The molecule has 0 radical (unpaired) electrons. The fourth-order valence-corrected chi connectivity index (χ4v) is 2.83. The fourth-order valence-electron chi connectivity index (χ4n) is 2.83. The molecule has 4 nitrogen and oxygen atoms in total. The van der Waals surface area contributed by atoms with Crippen molar-refractivity contribution in [3.63, 3.8) is 0 Å². The Hall–Kier alpha value is -3.34. The van der Waals surface area contributed by atoms with Gasteiger partial charge in [-0.15, -0.1) is 10.2 Å². The number of hydrogen-bond acceptors (Lipinski definition) is 3. The van der Waals surface area contributed by atoms with Crippen molar-refractivity contribution in [1.29, 1.82) is 0 Å². The number of rotatable bonds is 3. The molecular formula is C21H17FN4. The monoisotopic (exact) mass is 344 g/mol. The third-order valence-corrected chi connectivity index (χ3v) is 4.14. The number of aromatic nitrogens is 2. The van der Waals surface area contributed by atoms with Gasteiger partial charge in [-0.05, 0) is 73.5 Å². The number of halogens is 1. The summed E-state index contributed by atoms with van der Waals surface area (Å²) in [5.41, 5.74) is 5.25. The predicted molar refractivity (Wildman–Crippen MR) is 101 cm³/mol. The summed E-state index contributed by atoms with van der Waals surface area (Å²) in [4.78, 5) is 4.69. The molecule has 2 heterocycles. The van der Waals surface area contributed by atoms with Gasteiger partial charge in [0.25, 0.3) is 0 Å². The van der Waals surface area contributed by atoms with E-state index in [4.69, 9.17) is 4.98 Å². The average Bonchev–Trinajstić information content (AvgIpc) is 2.98. The SMILES string of the molecule is Cc1cccc(N=Nc2c(-c3ccc(F)cc3)nc3cc(C)ccn23)c1. The third-order valence-electron chi connectivity index (χ3n) is 4.14. The van der Waals surface area contributed by atoms with Crippen LogP contribution in [0.3, 0.4) is 0 Å². The lowest BCUT2D eigenvalue weighted by molar-refractivity contribution is 0.628. The normalized spacial score (nSPS) is 11.5. The maximum atomic E-state index is 13.3. The van der Waals surface area contributed by atoms with Crippen molar-refractivity contribution in [3.05, 3.63) is 83.8 Å². The molecule has 2 aromatic heterocycles. The maximum absolute atomic E-state index is 13.3. The summed E-state index contributed by atoms with van der Waals surface area (Å²) in [5.74, 6) is 0.337. The van der Waals surface area contributed by atoms with Crippen LogP contribution in [0.15, 0.2) is 77.1 Å². The van der Waals surface area contributed by atoms with Crippen LogP contribution in [0.2, 0.25) is 0 Å². The Morgan fingerprint density at radius 3 is 2.42 bits per heavy atom. The Bertz CT molecular complexity index is 1110. The fraction of sp³-hybridized carbons (Fsp3) is 0.0952. The summed E-state index contributed by atoms with van der Waals surface area (Å²) in [6.45, 7) is 4.03. The average molecular weight is 344 g/mol. The van der Waals surface area contributed by atoms with Gasteiger partial charge in [0.05, 0.1) is 5.69 Å². The lowest BCUT2D eigenvalue weighted by Crippen LogP contribution is -1.84. The Kier molecular flexibility index (Phi) is 4.05. The van der Waals surface area contributed by atoms with Crippen LogP contribution >= 0.6 is 0 Å². The molecule has 0 saturated carbocycles. The number of hydrogen-bond donors (Lipinski definition) is 0. The maximum Gasteiger partial charge on any atom is 0.187 e. The van der Waals surface area contributed by atoms with E-state index in [1.165, 1.54) is 12.1 Å². The van der Waals surface area contributed by atoms with Gasteiger partial charge in [-0.1, -0.05) is 12.1 Å². The standard InChI is InChI=1S/C21H17FN4/c1-14-4-3-5-18(12-14)24-25-21-20(16-6-8-17(22)9-7-16)23-19-13-15(2)10-11-26(19)21/h3-13H,1-2H3. The number of fused-ring (bicyclic) bond motifs is 1. The van der Waals surface area contributed by atoms with E-state index in [9.17, 15) is 4.39 Å². The lowest BCUT2D eigenvalue weighted by atomic mass is 10.1. The molecule has 0 N–H and O–H groups in total. The zero-order chi connectivity index (χ0) is 18.1. The van der Waals surface area contributed by atoms with Crippen LogP contribution in [0.4, 0.5) is 15.9 Å². The third kappa shape index (κ3) is 3.11. The number of aryl methyl sites for hydroxylation is 2. The Morgan fingerprint density at radius 2 is 1.65 bits per heavy atom. The van der Waals surface area contributed by atoms with Gasteiger partial charge in [0.2, 0.25) is 0 Å². The van der Waals surface area contributed by atoms with E-state index in [0.29, 0.717) is 11.5 Å². The highest BCUT2D eigenvalue weighted by Gasteiger charge is 2.14. The van der Waals surface area contributed by atoms with Crippen LogP contribution in [0.5, 0.6) is 0 Å². The summed E-state index contributed by atoms with van der Waals surface area (Å²) in [5, 5.41) is 8.84. The Morgan fingerprint density at radius 1 is 0.885 bits per heavy atom. The van der Waals surface area contributed by atoms with E-state index < -0.39 is 0 Å². The molecule has 128 valence electrons. The quantitative estimate of drug-likeness (QED) is 0.410. The van der Waals surface area contributed by atoms with Gasteiger partial charge in [-0.2, -0.15) is 0 Å². The topological polar surface area (TPSA) is 42.0 Å². The van der Waals surface area contributed by atoms with E-state index in [2.05, 4.69) is 10.2 Å². The Balaban J connectivity index is 1.88. The van der Waals surface area contributed by atoms with Crippen molar-refractivity contribution in [3.8, 4) is 11.3 Å². The second kappa shape index (κ2) is 6.52. The second-order valence-corrected chi connectivity index (χ2v) is 6.26. The second-order valence-electron chi connectivity index (χ2n) is 6.26. The summed E-state index contributed by atoms with van der Waals surface area (Å²) in [6.07, 6.45) is 1.93. The number of benzene rings is 2. The molecule has 4 rings (SSSR count). The first-order chi connectivity index (χ1) is 12.6. The molecule has 0 unspecified atom stereocenters. The molecule has 26 heavy (non-hydrogen) atoms. The van der Waals surface area contributed by atoms with Crippen LogP contribution in [-0.2, 0) is 0 Å². The molecule has 0 saturated heterocycles. The van der Waals surface area contributed by atoms with Crippen LogP contribution in [0.25, 0.3) is 16.9 Å². The first kappa shape index (κ1) is 16.1. The van der Waals surface area contributed by atoms with E-state index in [1.807, 2.05) is 60.8 Å². The summed E-state index contributed by atoms with van der Waals surface area (Å²) in [6, 6.07) is 18.1. The van der Waals surface area contributed by atoms with Gasteiger partial charge in [0, 0.05) is 11.8 Å². The van der Waals surface area contributed by atoms with Crippen molar-refractivity contribution in [2.45, 2.75) is 13.8 Å². The highest BCUT2D eigenvalue weighted by atomic mass is 19.1. The van der Waals surface area contributed by atoms with E-state index in [-0.39, 0.29) is 5.82 Å². The lowest BCUT2D eigenvalue weighted by Gasteiger charge is -2.00. The molecule has 0 aliphatic heterocycles. The largest absolute Gasteiger partial charge is 0.283 e. The summed E-state index contributed by atoms with van der Waals surface area (Å²) in [7, 11) is 0. The minimum atomic E-state index is -0.281. The zero-order valence-corrected chi connectivity index (χ0v) is 14.5. The molecule has 0 fully saturated rings. The summed E-state index contributed by atoms with van der Waals surface area (Å²) < 4.78 is 15.2. The smallest absolute Gasteiger partial charge is 0.187 e. The van der Waals surface area contributed by atoms with Gasteiger partial charge in [-0.3, -0.25) is 4.40 Å². The van der Waals surface area contributed by atoms with Crippen molar-refractivity contribution in [2.24, 2.45) is 10.2 Å². The minimum Gasteiger partial charge on any atom is -0.283 e. The summed E-state index contributed by atoms with van der Waals surface area (Å²) >= 11 is 0. The van der Waals surface area contributed by atoms with Crippen LogP contribution in [0, 0.1) is 19.7 Å². The number of imidazole rings is 1. The molecule has 0 atom stereocenters. The van der Waals surface area contributed by atoms with Crippen molar-refractivity contribution in [1.82, 2.24) is 9.38 Å². The van der Waals surface area contributed by atoms with E-state index in [0.717, 1.165) is 28.0 Å². The highest BCUT2D eigenvalue weighted by Crippen LogP contribution is 2.32. The molecule has 4 aromatic rings. The van der Waals surface area contributed by atoms with Crippen LogP contribution in [0.1, 0.15) is 11.1 Å². The molecule has 0 bridgehead atoms. The first-order valence-electron chi connectivity index (χ1n) is 8.33. The molecular weight excluding hydrogens is 327 g/mol. The zero-order valence-electron chi connectivity index (χ0n) is 14.5. The molecule has 0 aliphatic carbocycles. The number of nitrogens with zero attached hydrogens (tertiary/aromatic N) is 4. The molecule has 5 heteroatoms. The van der Waals surface area contributed by atoms with Gasteiger partial charge >= 0.3 is 0 Å². The minimum absolute atomic E-state index is 0.281. The first-order valence-corrected chi connectivity index (χ1v) is 8.33. The Labute approximate surface area is 150 Å². The molecule has 0 aliphatic rings.